The largest absolute Gasteiger partial charge is 0.326 e. The summed E-state index contributed by atoms with van der Waals surface area (Å²) in [5.74, 6) is -0.366. The number of carbonyl (C=O) groups is 2. The number of hydrogen-bond acceptors (Lipinski definition) is 4. The van der Waals surface area contributed by atoms with Crippen molar-refractivity contribution >= 4 is 33.2 Å². The van der Waals surface area contributed by atoms with Crippen LogP contribution in [0, 0.1) is 0 Å². The lowest BCUT2D eigenvalue weighted by Crippen LogP contribution is -2.24. The summed E-state index contributed by atoms with van der Waals surface area (Å²) in [6.07, 6.45) is 2.03. The van der Waals surface area contributed by atoms with Gasteiger partial charge in [0.2, 0.25) is 15.9 Å². The first kappa shape index (κ1) is 20.6. The summed E-state index contributed by atoms with van der Waals surface area (Å²) in [4.78, 5) is 23.8. The lowest BCUT2D eigenvalue weighted by Gasteiger charge is -2.09. The van der Waals surface area contributed by atoms with E-state index in [0.717, 1.165) is 11.8 Å². The Morgan fingerprint density at radius 3 is 2.19 bits per heavy atom. The Bertz CT molecular complexity index is 909. The summed E-state index contributed by atoms with van der Waals surface area (Å²) in [7, 11) is -3.20. The number of hydrogen-bond donors (Lipinski definition) is 3. The second-order valence-corrected chi connectivity index (χ2v) is 7.88. The van der Waals surface area contributed by atoms with E-state index in [2.05, 4.69) is 15.4 Å². The monoisotopic (exact) mass is 389 g/mol. The zero-order valence-electron chi connectivity index (χ0n) is 15.3. The number of rotatable bonds is 8. The zero-order valence-corrected chi connectivity index (χ0v) is 16.1. The molecule has 0 aliphatic rings. The van der Waals surface area contributed by atoms with Crippen molar-refractivity contribution in [2.24, 2.45) is 0 Å². The number of sulfonamides is 1. The molecular weight excluding hydrogens is 366 g/mol. The minimum absolute atomic E-state index is 0.0978. The van der Waals surface area contributed by atoms with E-state index in [4.69, 9.17) is 0 Å². The van der Waals surface area contributed by atoms with E-state index in [9.17, 15) is 18.0 Å². The molecule has 0 aliphatic carbocycles. The fraction of sp³-hybridized carbons (Fsp3) is 0.263. The van der Waals surface area contributed by atoms with Gasteiger partial charge < -0.3 is 10.6 Å². The maximum atomic E-state index is 12.4. The SMILES string of the molecule is CCC(=O)Nc1cccc(NC(=O)c2ccc(CCNS(C)(=O)=O)cc2)c1. The summed E-state index contributed by atoms with van der Waals surface area (Å²) in [6, 6.07) is 13.9. The van der Waals surface area contributed by atoms with E-state index in [0.29, 0.717) is 36.3 Å². The van der Waals surface area contributed by atoms with Crippen LogP contribution in [0.1, 0.15) is 29.3 Å². The Hall–Kier alpha value is -2.71. The molecule has 0 aromatic heterocycles. The van der Waals surface area contributed by atoms with Crippen LogP contribution in [0.5, 0.6) is 0 Å². The molecule has 0 spiro atoms. The maximum Gasteiger partial charge on any atom is 0.255 e. The minimum atomic E-state index is -3.20. The van der Waals surface area contributed by atoms with Gasteiger partial charge in [-0.25, -0.2) is 13.1 Å². The van der Waals surface area contributed by atoms with Crippen molar-refractivity contribution in [3.8, 4) is 0 Å². The van der Waals surface area contributed by atoms with Gasteiger partial charge in [0.05, 0.1) is 6.26 Å². The van der Waals surface area contributed by atoms with Crippen LogP contribution in [0.15, 0.2) is 48.5 Å². The standard InChI is InChI=1S/C19H23N3O4S/c1-3-18(23)21-16-5-4-6-17(13-16)22-19(24)15-9-7-14(8-10-15)11-12-20-27(2,25)26/h4-10,13,20H,3,11-12H2,1-2H3,(H,21,23)(H,22,24). The van der Waals surface area contributed by atoms with E-state index in [-0.39, 0.29) is 11.8 Å². The van der Waals surface area contributed by atoms with Crippen molar-refractivity contribution in [3.63, 3.8) is 0 Å². The molecule has 2 amide bonds. The third-order valence-electron chi connectivity index (χ3n) is 3.72. The molecule has 144 valence electrons. The number of carbonyl (C=O) groups excluding carboxylic acids is 2. The van der Waals surface area contributed by atoms with Gasteiger partial charge in [-0.3, -0.25) is 9.59 Å². The number of nitrogens with one attached hydrogen (secondary N) is 3. The average molecular weight is 389 g/mol. The molecule has 0 saturated carbocycles. The smallest absolute Gasteiger partial charge is 0.255 e. The average Bonchev–Trinajstić information content (AvgIpc) is 2.61. The van der Waals surface area contributed by atoms with Crippen LogP contribution in [0.4, 0.5) is 11.4 Å². The van der Waals surface area contributed by atoms with Crippen LogP contribution in [0.3, 0.4) is 0 Å². The van der Waals surface area contributed by atoms with Crippen molar-refractivity contribution < 1.29 is 18.0 Å². The Balaban J connectivity index is 1.96. The highest BCUT2D eigenvalue weighted by molar-refractivity contribution is 7.88. The number of benzene rings is 2. The molecule has 3 N–H and O–H groups in total. The Morgan fingerprint density at radius 1 is 0.963 bits per heavy atom. The van der Waals surface area contributed by atoms with Crippen molar-refractivity contribution in [1.29, 1.82) is 0 Å². The molecular formula is C19H23N3O4S. The first-order valence-electron chi connectivity index (χ1n) is 8.51. The van der Waals surface area contributed by atoms with Gasteiger partial charge >= 0.3 is 0 Å². The first-order valence-corrected chi connectivity index (χ1v) is 10.4. The molecule has 0 unspecified atom stereocenters. The highest BCUT2D eigenvalue weighted by Crippen LogP contribution is 2.16. The van der Waals surface area contributed by atoms with Crippen LogP contribution in [-0.4, -0.2) is 33.0 Å². The summed E-state index contributed by atoms with van der Waals surface area (Å²) in [6.45, 7) is 2.07. The van der Waals surface area contributed by atoms with Gasteiger partial charge in [0, 0.05) is 29.9 Å². The minimum Gasteiger partial charge on any atom is -0.326 e. The van der Waals surface area contributed by atoms with Crippen LogP contribution in [0.2, 0.25) is 0 Å². The molecule has 2 rings (SSSR count). The summed E-state index contributed by atoms with van der Waals surface area (Å²) in [5, 5.41) is 5.53. The lowest BCUT2D eigenvalue weighted by atomic mass is 10.1. The Kier molecular flexibility index (Phi) is 7.09. The summed E-state index contributed by atoms with van der Waals surface area (Å²) >= 11 is 0. The second kappa shape index (κ2) is 9.29. The van der Waals surface area contributed by atoms with Crippen LogP contribution in [-0.2, 0) is 21.2 Å². The predicted molar refractivity (Wildman–Crippen MR) is 106 cm³/mol. The maximum absolute atomic E-state index is 12.4. The van der Waals surface area contributed by atoms with Gasteiger partial charge in [0.25, 0.3) is 5.91 Å². The molecule has 0 saturated heterocycles. The van der Waals surface area contributed by atoms with E-state index in [1.807, 2.05) is 0 Å². The van der Waals surface area contributed by atoms with Gasteiger partial charge in [-0.1, -0.05) is 25.1 Å². The van der Waals surface area contributed by atoms with Gasteiger partial charge in [-0.15, -0.1) is 0 Å². The van der Waals surface area contributed by atoms with Crippen LogP contribution >= 0.6 is 0 Å². The zero-order chi connectivity index (χ0) is 19.9. The molecule has 0 bridgehead atoms. The molecule has 0 heterocycles. The third-order valence-corrected chi connectivity index (χ3v) is 4.45. The van der Waals surface area contributed by atoms with E-state index in [1.165, 1.54) is 0 Å². The number of amides is 2. The molecule has 8 heteroatoms. The van der Waals surface area contributed by atoms with E-state index in [1.54, 1.807) is 55.5 Å². The first-order chi connectivity index (χ1) is 12.8. The van der Waals surface area contributed by atoms with Crippen molar-refractivity contribution in [1.82, 2.24) is 4.72 Å². The lowest BCUT2D eigenvalue weighted by molar-refractivity contribution is -0.115. The molecule has 7 nitrogen and oxygen atoms in total. The van der Waals surface area contributed by atoms with Gasteiger partial charge in [-0.05, 0) is 42.3 Å². The summed E-state index contributed by atoms with van der Waals surface area (Å²) < 4.78 is 24.5. The molecule has 0 aliphatic heterocycles. The van der Waals surface area contributed by atoms with E-state index >= 15 is 0 Å². The Labute approximate surface area is 159 Å². The van der Waals surface area contributed by atoms with Crippen molar-refractivity contribution in [3.05, 3.63) is 59.7 Å². The second-order valence-electron chi connectivity index (χ2n) is 6.05. The van der Waals surface area contributed by atoms with Gasteiger partial charge in [0.1, 0.15) is 0 Å². The molecule has 2 aromatic rings. The third kappa shape index (κ3) is 7.20. The van der Waals surface area contributed by atoms with Crippen LogP contribution in [0.25, 0.3) is 0 Å². The fourth-order valence-electron chi connectivity index (χ4n) is 2.33. The molecule has 27 heavy (non-hydrogen) atoms. The topological polar surface area (TPSA) is 104 Å². The Morgan fingerprint density at radius 2 is 1.59 bits per heavy atom. The van der Waals surface area contributed by atoms with Crippen LogP contribution < -0.4 is 15.4 Å². The molecule has 2 aromatic carbocycles. The van der Waals surface area contributed by atoms with Crippen molar-refractivity contribution in [2.75, 3.05) is 23.4 Å². The van der Waals surface area contributed by atoms with Gasteiger partial charge in [-0.2, -0.15) is 0 Å². The van der Waals surface area contributed by atoms with Crippen molar-refractivity contribution in [2.45, 2.75) is 19.8 Å². The summed E-state index contributed by atoms with van der Waals surface area (Å²) in [5.41, 5.74) is 2.61. The highest BCUT2D eigenvalue weighted by atomic mass is 32.2. The highest BCUT2D eigenvalue weighted by Gasteiger charge is 2.08. The van der Waals surface area contributed by atoms with E-state index < -0.39 is 10.0 Å². The molecule has 0 atom stereocenters. The number of anilines is 2. The predicted octanol–water partition coefficient (Wildman–Crippen LogP) is 2.38. The molecule has 0 fully saturated rings. The fourth-order valence-corrected chi connectivity index (χ4v) is 2.80. The normalized spacial score (nSPS) is 11.0. The quantitative estimate of drug-likeness (QED) is 0.645. The van der Waals surface area contributed by atoms with Gasteiger partial charge in [0.15, 0.2) is 0 Å². The molecule has 0 radical (unpaired) electrons.